The molecule has 0 unspecified atom stereocenters. The van der Waals surface area contributed by atoms with Gasteiger partial charge in [-0.1, -0.05) is 19.1 Å². The van der Waals surface area contributed by atoms with Crippen molar-refractivity contribution in [1.82, 2.24) is 9.88 Å². The van der Waals surface area contributed by atoms with E-state index in [0.29, 0.717) is 32.5 Å². The lowest BCUT2D eigenvalue weighted by atomic mass is 9.83. The fourth-order valence-electron chi connectivity index (χ4n) is 3.53. The number of hydrogen-bond acceptors (Lipinski definition) is 4. The average Bonchev–Trinajstić information content (AvgIpc) is 2.65. The minimum atomic E-state index is -0.899. The first kappa shape index (κ1) is 18.8. The van der Waals surface area contributed by atoms with Crippen LogP contribution in [0.3, 0.4) is 0 Å². The van der Waals surface area contributed by atoms with Crippen molar-refractivity contribution < 1.29 is 14.6 Å². The van der Waals surface area contributed by atoms with Gasteiger partial charge in [-0.25, -0.2) is 0 Å². The Morgan fingerprint density at radius 3 is 2.73 bits per heavy atom. The number of aliphatic hydroxyl groups is 1. The topological polar surface area (TPSA) is 62.7 Å². The van der Waals surface area contributed by atoms with Crippen molar-refractivity contribution in [2.45, 2.75) is 51.7 Å². The summed E-state index contributed by atoms with van der Waals surface area (Å²) < 4.78 is 5.54. The van der Waals surface area contributed by atoms with Crippen LogP contribution in [-0.2, 0) is 15.1 Å². The lowest BCUT2D eigenvalue weighted by molar-refractivity contribution is -0.147. The molecule has 0 bridgehead atoms. The zero-order valence-electron chi connectivity index (χ0n) is 15.9. The van der Waals surface area contributed by atoms with Crippen molar-refractivity contribution in [3.05, 3.63) is 41.6 Å². The number of benzene rings is 1. The van der Waals surface area contributed by atoms with E-state index < -0.39 is 11.7 Å². The van der Waals surface area contributed by atoms with Gasteiger partial charge in [0.1, 0.15) is 6.10 Å². The van der Waals surface area contributed by atoms with E-state index in [1.54, 1.807) is 11.8 Å². The van der Waals surface area contributed by atoms with Gasteiger partial charge in [-0.05, 0) is 56.9 Å². The summed E-state index contributed by atoms with van der Waals surface area (Å²) in [6.07, 6.45) is 1.54. The third kappa shape index (κ3) is 3.89. The Kier molecular flexibility index (Phi) is 5.58. The molecule has 1 fully saturated rings. The Bertz CT molecular complexity index is 782. The normalized spacial score (nSPS) is 18.1. The highest BCUT2D eigenvalue weighted by molar-refractivity contribution is 5.81. The Morgan fingerprint density at radius 1 is 1.31 bits per heavy atom. The van der Waals surface area contributed by atoms with Crippen LogP contribution in [0.2, 0.25) is 0 Å². The largest absolute Gasteiger partial charge is 0.385 e. The van der Waals surface area contributed by atoms with E-state index in [2.05, 4.69) is 4.98 Å². The number of rotatable bonds is 5. The third-order valence-corrected chi connectivity index (χ3v) is 5.19. The molecule has 1 aromatic heterocycles. The van der Waals surface area contributed by atoms with Crippen molar-refractivity contribution in [3.63, 3.8) is 0 Å². The van der Waals surface area contributed by atoms with Crippen LogP contribution in [0, 0.1) is 6.92 Å². The van der Waals surface area contributed by atoms with Crippen LogP contribution in [0.5, 0.6) is 0 Å². The lowest BCUT2D eigenvalue weighted by Crippen LogP contribution is -2.48. The summed E-state index contributed by atoms with van der Waals surface area (Å²) in [7, 11) is 0. The van der Waals surface area contributed by atoms with Gasteiger partial charge in [0, 0.05) is 30.8 Å². The van der Waals surface area contributed by atoms with Crippen LogP contribution >= 0.6 is 0 Å². The van der Waals surface area contributed by atoms with Crippen molar-refractivity contribution in [2.75, 3.05) is 19.7 Å². The Morgan fingerprint density at radius 2 is 2.04 bits per heavy atom. The molecule has 3 rings (SSSR count). The first-order valence-electron chi connectivity index (χ1n) is 9.43. The van der Waals surface area contributed by atoms with E-state index in [-0.39, 0.29) is 5.91 Å². The van der Waals surface area contributed by atoms with Gasteiger partial charge in [0.15, 0.2) is 0 Å². The molecule has 1 N–H and O–H groups in total. The molecule has 1 aromatic carbocycles. The molecule has 0 aliphatic carbocycles. The molecule has 140 valence electrons. The minimum Gasteiger partial charge on any atom is -0.385 e. The van der Waals surface area contributed by atoms with Crippen LogP contribution in [0.25, 0.3) is 10.9 Å². The first-order valence-corrected chi connectivity index (χ1v) is 9.43. The molecule has 0 saturated carbocycles. The van der Waals surface area contributed by atoms with Crippen molar-refractivity contribution in [3.8, 4) is 0 Å². The Balaban J connectivity index is 1.69. The summed E-state index contributed by atoms with van der Waals surface area (Å²) in [5, 5.41) is 12.2. The molecule has 1 saturated heterocycles. The molecule has 1 aliphatic rings. The quantitative estimate of drug-likeness (QED) is 0.894. The van der Waals surface area contributed by atoms with Crippen LogP contribution in [0.1, 0.15) is 44.4 Å². The van der Waals surface area contributed by atoms with E-state index in [4.69, 9.17) is 4.74 Å². The number of fused-ring (bicyclic) bond motifs is 1. The molecule has 26 heavy (non-hydrogen) atoms. The van der Waals surface area contributed by atoms with Crippen molar-refractivity contribution in [2.24, 2.45) is 0 Å². The van der Waals surface area contributed by atoms with Gasteiger partial charge in [0.25, 0.3) is 5.91 Å². The fraction of sp³-hybridized carbons (Fsp3) is 0.524. The number of aryl methyl sites for hydroxylation is 1. The summed E-state index contributed by atoms with van der Waals surface area (Å²) in [5.41, 5.74) is 1.92. The first-order chi connectivity index (χ1) is 12.4. The fourth-order valence-corrected chi connectivity index (χ4v) is 3.53. The van der Waals surface area contributed by atoms with Gasteiger partial charge in [-0.2, -0.15) is 0 Å². The molecule has 2 heterocycles. The second kappa shape index (κ2) is 7.72. The molecule has 1 atom stereocenters. The number of ether oxygens (including phenoxy) is 1. The van der Waals surface area contributed by atoms with Crippen LogP contribution < -0.4 is 0 Å². The molecule has 5 heteroatoms. The van der Waals surface area contributed by atoms with Gasteiger partial charge in [0.05, 0.1) is 11.1 Å². The monoisotopic (exact) mass is 356 g/mol. The number of piperidine rings is 1. The number of hydrogen-bond donors (Lipinski definition) is 1. The average molecular weight is 356 g/mol. The highest BCUT2D eigenvalue weighted by atomic mass is 16.5. The highest BCUT2D eigenvalue weighted by Crippen LogP contribution is 2.34. The van der Waals surface area contributed by atoms with Crippen LogP contribution in [-0.4, -0.2) is 46.7 Å². The van der Waals surface area contributed by atoms with Crippen molar-refractivity contribution >= 4 is 16.8 Å². The predicted octanol–water partition coefficient (Wildman–Crippen LogP) is 3.17. The summed E-state index contributed by atoms with van der Waals surface area (Å²) in [5.74, 6) is 0.0127. The van der Waals surface area contributed by atoms with Crippen molar-refractivity contribution in [1.29, 1.82) is 0 Å². The van der Waals surface area contributed by atoms with Crippen LogP contribution in [0.15, 0.2) is 30.3 Å². The van der Waals surface area contributed by atoms with E-state index >= 15 is 0 Å². The van der Waals surface area contributed by atoms with Gasteiger partial charge < -0.3 is 14.7 Å². The summed E-state index contributed by atoms with van der Waals surface area (Å²) in [4.78, 5) is 18.8. The molecular formula is C21H28N2O3. The number of likely N-dealkylation sites (tertiary alicyclic amines) is 1. The smallest absolute Gasteiger partial charge is 0.251 e. The zero-order valence-corrected chi connectivity index (χ0v) is 15.9. The summed E-state index contributed by atoms with van der Waals surface area (Å²) in [6.45, 7) is 7.47. The number of pyridine rings is 1. The SMILES string of the molecule is CCCO[C@H](C)C(=O)N1CCC(O)(c2ccc3nc(C)ccc3c2)CC1. The molecule has 0 spiro atoms. The standard InChI is InChI=1S/C21H28N2O3/c1-4-13-26-16(3)20(24)23-11-9-21(25,10-12-23)18-7-8-19-17(14-18)6-5-15(2)22-19/h5-8,14,16,25H,4,9-13H2,1-3H3/t16-/m1/s1. The second-order valence-electron chi connectivity index (χ2n) is 7.23. The molecule has 0 radical (unpaired) electrons. The number of carbonyl (C=O) groups is 1. The third-order valence-electron chi connectivity index (χ3n) is 5.19. The predicted molar refractivity (Wildman–Crippen MR) is 102 cm³/mol. The van der Waals surface area contributed by atoms with Gasteiger partial charge >= 0.3 is 0 Å². The van der Waals surface area contributed by atoms with Gasteiger partial charge in [0.2, 0.25) is 0 Å². The Labute approximate surface area is 155 Å². The molecule has 1 amide bonds. The summed E-state index contributed by atoms with van der Waals surface area (Å²) >= 11 is 0. The number of carbonyl (C=O) groups excluding carboxylic acids is 1. The summed E-state index contributed by atoms with van der Waals surface area (Å²) in [6, 6.07) is 9.96. The zero-order chi connectivity index (χ0) is 18.7. The number of aromatic nitrogens is 1. The maximum atomic E-state index is 12.5. The Hall–Kier alpha value is -1.98. The van der Waals surface area contributed by atoms with E-state index in [1.807, 2.05) is 44.2 Å². The maximum Gasteiger partial charge on any atom is 0.251 e. The lowest BCUT2D eigenvalue weighted by Gasteiger charge is -2.39. The van der Waals surface area contributed by atoms with E-state index in [0.717, 1.165) is 28.6 Å². The number of amides is 1. The van der Waals surface area contributed by atoms with Gasteiger partial charge in [-0.15, -0.1) is 0 Å². The number of nitrogens with zero attached hydrogens (tertiary/aromatic N) is 2. The molecule has 5 nitrogen and oxygen atoms in total. The van der Waals surface area contributed by atoms with E-state index in [9.17, 15) is 9.90 Å². The molecule has 2 aromatic rings. The van der Waals surface area contributed by atoms with E-state index in [1.165, 1.54) is 0 Å². The minimum absolute atomic E-state index is 0.0127. The van der Waals surface area contributed by atoms with Crippen LogP contribution in [0.4, 0.5) is 0 Å². The van der Waals surface area contributed by atoms with Gasteiger partial charge in [-0.3, -0.25) is 9.78 Å². The molecule has 1 aliphatic heterocycles. The maximum absolute atomic E-state index is 12.5. The highest BCUT2D eigenvalue weighted by Gasteiger charge is 2.36. The molecular weight excluding hydrogens is 328 g/mol. The second-order valence-corrected chi connectivity index (χ2v) is 7.23.